The summed E-state index contributed by atoms with van der Waals surface area (Å²) in [5.41, 5.74) is -0.140. The number of fused-ring (bicyclic) bond motifs is 2. The van der Waals surface area contributed by atoms with Crippen LogP contribution in [0.3, 0.4) is 0 Å². The zero-order valence-electron chi connectivity index (χ0n) is 19.9. The number of hydrogen-bond acceptors (Lipinski definition) is 5. The minimum absolute atomic E-state index is 0.126. The van der Waals surface area contributed by atoms with E-state index >= 15 is 0 Å². The van der Waals surface area contributed by atoms with Gasteiger partial charge in [0.1, 0.15) is 11.8 Å². The molecular weight excluding hydrogens is 424 g/mol. The number of carbonyl (C=O) groups is 1. The van der Waals surface area contributed by atoms with Gasteiger partial charge in [0.15, 0.2) is 0 Å². The van der Waals surface area contributed by atoms with Gasteiger partial charge in [0, 0.05) is 17.5 Å². The van der Waals surface area contributed by atoms with Gasteiger partial charge in [-0.25, -0.2) is 13.2 Å². The molecule has 7 heteroatoms. The van der Waals surface area contributed by atoms with Gasteiger partial charge < -0.3 is 4.74 Å². The fraction of sp³-hybridized carbons (Fsp3) is 0.920. The zero-order valence-corrected chi connectivity index (χ0v) is 20.7. The Hall–Kier alpha value is -0.950. The molecule has 0 amide bonds. The van der Waals surface area contributed by atoms with Gasteiger partial charge in [0.05, 0.1) is 12.3 Å². The van der Waals surface area contributed by atoms with Gasteiger partial charge in [-0.2, -0.15) is 4.31 Å². The fourth-order valence-corrected chi connectivity index (χ4v) is 10.5. The summed E-state index contributed by atoms with van der Waals surface area (Å²) in [6, 6.07) is 0.300. The topological polar surface area (TPSA) is 76.0 Å². The lowest BCUT2D eigenvalue weighted by Gasteiger charge is -2.46. The molecule has 1 heterocycles. The largest absolute Gasteiger partial charge is 0.457 e. The van der Waals surface area contributed by atoms with E-state index in [2.05, 4.69) is 18.8 Å². The van der Waals surface area contributed by atoms with Crippen LogP contribution in [0.4, 0.5) is 0 Å². The molecule has 5 aliphatic rings. The average molecular weight is 465 g/mol. The van der Waals surface area contributed by atoms with Crippen LogP contribution in [-0.2, 0) is 19.6 Å². The van der Waals surface area contributed by atoms with Gasteiger partial charge in [-0.1, -0.05) is 52.4 Å². The van der Waals surface area contributed by atoms with E-state index in [-0.39, 0.29) is 35.3 Å². The highest BCUT2D eigenvalue weighted by molar-refractivity contribution is 7.89. The van der Waals surface area contributed by atoms with Gasteiger partial charge in [-0.15, -0.1) is 0 Å². The number of sulfonamides is 1. The molecule has 32 heavy (non-hydrogen) atoms. The van der Waals surface area contributed by atoms with Crippen LogP contribution in [-0.4, -0.2) is 54.9 Å². The van der Waals surface area contributed by atoms with Gasteiger partial charge in [0.25, 0.3) is 0 Å². The average Bonchev–Trinajstić information content (AvgIpc) is 3.56. The van der Waals surface area contributed by atoms with Gasteiger partial charge in [-0.05, 0) is 56.3 Å². The van der Waals surface area contributed by atoms with Crippen LogP contribution in [0, 0.1) is 16.7 Å². The number of rotatable bonds is 7. The summed E-state index contributed by atoms with van der Waals surface area (Å²) in [5, 5.41) is 0. The molecule has 2 bridgehead atoms. The number of esters is 1. The quantitative estimate of drug-likeness (QED) is 0.521. The SMILES string of the molecule is CC1(C)[C@@H]2CC[C@@]1(CS(=O)(=O)N(C1CCCCC1)C1CCCCC1)[C@H](OC(=O)C1=NC1)C2. The molecule has 0 saturated heterocycles. The third-order valence-electron chi connectivity index (χ3n) is 9.79. The van der Waals surface area contributed by atoms with Crippen LogP contribution >= 0.6 is 0 Å². The first kappa shape index (κ1) is 22.8. The van der Waals surface area contributed by atoms with E-state index in [9.17, 15) is 13.2 Å². The number of carbonyl (C=O) groups excluding carboxylic acids is 1. The van der Waals surface area contributed by atoms with E-state index in [4.69, 9.17) is 4.74 Å². The highest BCUT2D eigenvalue weighted by Crippen LogP contribution is 2.67. The first-order valence-electron chi connectivity index (χ1n) is 13.0. The van der Waals surface area contributed by atoms with Crippen molar-refractivity contribution >= 4 is 21.7 Å². The molecule has 0 unspecified atom stereocenters. The smallest absolute Gasteiger partial charge is 0.354 e. The van der Waals surface area contributed by atoms with Crippen molar-refractivity contribution in [2.45, 2.75) is 116 Å². The number of ether oxygens (including phenoxy) is 1. The summed E-state index contributed by atoms with van der Waals surface area (Å²) < 4.78 is 36.6. The predicted molar refractivity (Wildman–Crippen MR) is 125 cm³/mol. The van der Waals surface area contributed by atoms with Crippen molar-refractivity contribution in [3.63, 3.8) is 0 Å². The molecule has 4 aliphatic carbocycles. The highest BCUT2D eigenvalue weighted by Gasteiger charge is 2.67. The van der Waals surface area contributed by atoms with Crippen LogP contribution in [0.2, 0.25) is 0 Å². The molecule has 0 aromatic heterocycles. The van der Waals surface area contributed by atoms with E-state index in [1.165, 1.54) is 12.8 Å². The zero-order chi connectivity index (χ0) is 22.6. The predicted octanol–water partition coefficient (Wildman–Crippen LogP) is 4.48. The second-order valence-electron chi connectivity index (χ2n) is 11.7. The lowest BCUT2D eigenvalue weighted by Crippen LogP contribution is -2.54. The summed E-state index contributed by atoms with van der Waals surface area (Å²) in [5.74, 6) is 0.210. The molecule has 0 aromatic carbocycles. The minimum Gasteiger partial charge on any atom is -0.457 e. The van der Waals surface area contributed by atoms with Crippen LogP contribution in [0.5, 0.6) is 0 Å². The van der Waals surface area contributed by atoms with Crippen molar-refractivity contribution < 1.29 is 17.9 Å². The van der Waals surface area contributed by atoms with Gasteiger partial charge in [0.2, 0.25) is 10.0 Å². The normalized spacial score (nSPS) is 35.2. The van der Waals surface area contributed by atoms with Crippen molar-refractivity contribution in [3.05, 3.63) is 0 Å². The third-order valence-corrected chi connectivity index (χ3v) is 11.9. The first-order chi connectivity index (χ1) is 15.2. The van der Waals surface area contributed by atoms with Crippen LogP contribution in [0.25, 0.3) is 0 Å². The van der Waals surface area contributed by atoms with E-state index in [1.54, 1.807) is 0 Å². The molecule has 1 aliphatic heterocycles. The summed E-state index contributed by atoms with van der Waals surface area (Å²) >= 11 is 0. The molecule has 5 rings (SSSR count). The van der Waals surface area contributed by atoms with Crippen molar-refractivity contribution in [2.75, 3.05) is 12.3 Å². The van der Waals surface area contributed by atoms with Crippen molar-refractivity contribution in [2.24, 2.45) is 21.7 Å². The molecule has 6 nitrogen and oxygen atoms in total. The Morgan fingerprint density at radius 1 is 1.00 bits per heavy atom. The maximum atomic E-state index is 14.3. The number of hydrogen-bond donors (Lipinski definition) is 0. The van der Waals surface area contributed by atoms with Crippen LogP contribution < -0.4 is 0 Å². The Kier molecular flexibility index (Phi) is 5.97. The molecule has 180 valence electrons. The van der Waals surface area contributed by atoms with Crippen LogP contribution in [0.1, 0.15) is 97.3 Å². The Morgan fingerprint density at radius 2 is 1.56 bits per heavy atom. The van der Waals surface area contributed by atoms with Crippen molar-refractivity contribution in [1.82, 2.24) is 4.31 Å². The maximum Gasteiger partial charge on any atom is 0.354 e. The molecule has 0 radical (unpaired) electrons. The minimum atomic E-state index is -3.48. The maximum absolute atomic E-state index is 14.3. The highest BCUT2D eigenvalue weighted by atomic mass is 32.2. The van der Waals surface area contributed by atoms with E-state index in [0.29, 0.717) is 18.2 Å². The molecule has 0 spiro atoms. The fourth-order valence-electron chi connectivity index (χ4n) is 7.70. The Labute approximate surface area is 193 Å². The number of nitrogens with zero attached hydrogens (tertiary/aromatic N) is 2. The molecule has 4 saturated carbocycles. The van der Waals surface area contributed by atoms with E-state index < -0.39 is 15.4 Å². The number of aliphatic imine (C=N–C) groups is 1. The second-order valence-corrected chi connectivity index (χ2v) is 13.5. The second kappa shape index (κ2) is 8.37. The van der Waals surface area contributed by atoms with Crippen molar-refractivity contribution in [3.8, 4) is 0 Å². The van der Waals surface area contributed by atoms with Crippen LogP contribution in [0.15, 0.2) is 4.99 Å². The van der Waals surface area contributed by atoms with Crippen molar-refractivity contribution in [1.29, 1.82) is 0 Å². The Bertz CT molecular complexity index is 852. The standard InChI is InChI=1S/C25H40N2O4S/c1-24(2)18-13-14-25(24,22(15-18)31-23(28)21-16-26-21)17-32(29,30)27(19-9-5-3-6-10-19)20-11-7-4-8-12-20/h18-20,22H,3-17H2,1-2H3/t18-,22-,25-/m1/s1. The molecule has 3 atom stereocenters. The third kappa shape index (κ3) is 3.85. The first-order valence-corrected chi connectivity index (χ1v) is 14.6. The lowest BCUT2D eigenvalue weighted by atomic mass is 9.69. The summed E-state index contributed by atoms with van der Waals surface area (Å²) in [6.45, 7) is 4.91. The summed E-state index contributed by atoms with van der Waals surface area (Å²) in [4.78, 5) is 16.5. The molecule has 0 aromatic rings. The van der Waals surface area contributed by atoms with E-state index in [0.717, 1.165) is 70.6 Å². The lowest BCUT2D eigenvalue weighted by molar-refractivity contribution is -0.147. The van der Waals surface area contributed by atoms with E-state index in [1.807, 2.05) is 4.31 Å². The Balaban J connectivity index is 1.45. The summed E-state index contributed by atoms with van der Waals surface area (Å²) in [6.07, 6.45) is 13.3. The molecule has 0 N–H and O–H groups in total. The van der Waals surface area contributed by atoms with Gasteiger partial charge in [-0.3, -0.25) is 4.99 Å². The monoisotopic (exact) mass is 464 g/mol. The van der Waals surface area contributed by atoms with Gasteiger partial charge >= 0.3 is 5.97 Å². The molecule has 4 fully saturated rings. The Morgan fingerprint density at radius 3 is 2.06 bits per heavy atom. The molecular formula is C25H40N2O4S. The summed E-state index contributed by atoms with van der Waals surface area (Å²) in [7, 11) is -3.48.